The third kappa shape index (κ3) is 3.30. The smallest absolute Gasteiger partial charge is 0.317 e. The van der Waals surface area contributed by atoms with Gasteiger partial charge in [-0.25, -0.2) is 14.8 Å². The van der Waals surface area contributed by atoms with Gasteiger partial charge in [0.25, 0.3) is 5.91 Å². The topological polar surface area (TPSA) is 78.4 Å². The van der Waals surface area contributed by atoms with Crippen molar-refractivity contribution < 1.29 is 9.59 Å². The van der Waals surface area contributed by atoms with Crippen LogP contribution in [-0.4, -0.2) is 56.9 Å². The van der Waals surface area contributed by atoms with Gasteiger partial charge in [-0.2, -0.15) is 0 Å². The Labute approximate surface area is 158 Å². The van der Waals surface area contributed by atoms with E-state index in [0.29, 0.717) is 25.2 Å². The van der Waals surface area contributed by atoms with Crippen molar-refractivity contribution >= 4 is 11.9 Å². The van der Waals surface area contributed by atoms with Crippen molar-refractivity contribution in [3.05, 3.63) is 60.2 Å². The number of imide groups is 1. The molecule has 2 saturated heterocycles. The molecule has 0 bridgehead atoms. The number of carbonyl (C=O) groups excluding carboxylic acids is 2. The molecule has 2 aliphatic heterocycles. The lowest BCUT2D eigenvalue weighted by molar-refractivity contribution is -0.135. The van der Waals surface area contributed by atoms with Crippen LogP contribution in [0.5, 0.6) is 0 Å². The number of benzene rings is 1. The lowest BCUT2D eigenvalue weighted by Gasteiger charge is -2.38. The van der Waals surface area contributed by atoms with Crippen molar-refractivity contribution in [1.82, 2.24) is 25.1 Å². The van der Waals surface area contributed by atoms with E-state index in [0.717, 1.165) is 25.1 Å². The van der Waals surface area contributed by atoms with E-state index in [1.807, 2.05) is 30.3 Å². The first-order chi connectivity index (χ1) is 13.2. The molecule has 1 spiro atoms. The molecule has 7 nitrogen and oxygen atoms in total. The minimum Gasteiger partial charge on any atom is -0.317 e. The van der Waals surface area contributed by atoms with Crippen molar-refractivity contribution in [1.29, 1.82) is 0 Å². The van der Waals surface area contributed by atoms with E-state index in [1.54, 1.807) is 23.4 Å². The van der Waals surface area contributed by atoms with Gasteiger partial charge in [-0.1, -0.05) is 30.3 Å². The maximum Gasteiger partial charge on any atom is 0.328 e. The maximum atomic E-state index is 13.3. The molecule has 0 saturated carbocycles. The lowest BCUT2D eigenvalue weighted by Crippen LogP contribution is -2.56. The summed E-state index contributed by atoms with van der Waals surface area (Å²) in [6, 6.07) is 11.5. The second-order valence-corrected chi connectivity index (χ2v) is 7.01. The summed E-state index contributed by atoms with van der Waals surface area (Å²) in [6.07, 6.45) is 5.25. The molecule has 3 heterocycles. The number of piperidine rings is 1. The second-order valence-electron chi connectivity index (χ2n) is 7.01. The molecule has 1 aromatic heterocycles. The summed E-state index contributed by atoms with van der Waals surface area (Å²) in [5.41, 5.74) is 0.415. The van der Waals surface area contributed by atoms with E-state index in [1.165, 1.54) is 4.90 Å². The molecule has 2 aliphatic rings. The zero-order valence-electron chi connectivity index (χ0n) is 15.2. The predicted octanol–water partition coefficient (Wildman–Crippen LogP) is 1.61. The first-order valence-corrected chi connectivity index (χ1v) is 9.35. The molecule has 0 atom stereocenters. The summed E-state index contributed by atoms with van der Waals surface area (Å²) in [6.45, 7) is 2.11. The normalized spacial score (nSPS) is 19.1. The van der Waals surface area contributed by atoms with Crippen LogP contribution >= 0.6 is 0 Å². The highest BCUT2D eigenvalue weighted by Crippen LogP contribution is 2.36. The van der Waals surface area contributed by atoms with Crippen LogP contribution in [0.3, 0.4) is 0 Å². The average molecular weight is 365 g/mol. The monoisotopic (exact) mass is 365 g/mol. The van der Waals surface area contributed by atoms with E-state index >= 15 is 0 Å². The third-order valence-corrected chi connectivity index (χ3v) is 5.44. The molecule has 4 rings (SSSR count). The SMILES string of the molecule is O=C1N(Cc2ncccn2)C(=O)C2(CCNCC2)N1CCc1ccccc1. The Hall–Kier alpha value is -2.80. The largest absolute Gasteiger partial charge is 0.328 e. The number of nitrogens with zero attached hydrogens (tertiary/aromatic N) is 4. The molecule has 2 aromatic rings. The molecule has 0 unspecified atom stereocenters. The molecule has 0 radical (unpaired) electrons. The highest BCUT2D eigenvalue weighted by Gasteiger charge is 2.57. The summed E-state index contributed by atoms with van der Waals surface area (Å²) in [7, 11) is 0. The Morgan fingerprint density at radius 2 is 1.70 bits per heavy atom. The summed E-state index contributed by atoms with van der Waals surface area (Å²) in [4.78, 5) is 37.9. The Morgan fingerprint density at radius 3 is 2.41 bits per heavy atom. The molecule has 140 valence electrons. The summed E-state index contributed by atoms with van der Waals surface area (Å²) >= 11 is 0. The first kappa shape index (κ1) is 17.6. The predicted molar refractivity (Wildman–Crippen MR) is 99.7 cm³/mol. The van der Waals surface area contributed by atoms with Crippen LogP contribution in [0.1, 0.15) is 24.2 Å². The van der Waals surface area contributed by atoms with Crippen LogP contribution in [0.4, 0.5) is 4.79 Å². The zero-order chi connectivity index (χ0) is 18.7. The van der Waals surface area contributed by atoms with Crippen molar-refractivity contribution in [2.75, 3.05) is 19.6 Å². The molecule has 1 aromatic carbocycles. The van der Waals surface area contributed by atoms with Crippen LogP contribution in [0.2, 0.25) is 0 Å². The van der Waals surface area contributed by atoms with Gasteiger partial charge in [0.05, 0.1) is 6.54 Å². The number of amides is 3. The minimum atomic E-state index is -0.744. The summed E-state index contributed by atoms with van der Waals surface area (Å²) in [5, 5.41) is 3.30. The fourth-order valence-electron chi connectivity index (χ4n) is 3.99. The molecule has 0 aliphatic carbocycles. The quantitative estimate of drug-likeness (QED) is 0.815. The molecular weight excluding hydrogens is 342 g/mol. The van der Waals surface area contributed by atoms with Gasteiger partial charge in [0.15, 0.2) is 0 Å². The molecule has 1 N–H and O–H groups in total. The fraction of sp³-hybridized carbons (Fsp3) is 0.400. The highest BCUT2D eigenvalue weighted by molar-refractivity contribution is 6.07. The van der Waals surface area contributed by atoms with E-state index in [9.17, 15) is 9.59 Å². The van der Waals surface area contributed by atoms with Crippen LogP contribution < -0.4 is 5.32 Å². The van der Waals surface area contributed by atoms with E-state index in [2.05, 4.69) is 15.3 Å². The average Bonchev–Trinajstić information content (AvgIpc) is 2.90. The van der Waals surface area contributed by atoms with Gasteiger partial charge >= 0.3 is 6.03 Å². The van der Waals surface area contributed by atoms with E-state index in [-0.39, 0.29) is 18.5 Å². The molecule has 3 amide bonds. The van der Waals surface area contributed by atoms with Crippen molar-refractivity contribution in [3.63, 3.8) is 0 Å². The van der Waals surface area contributed by atoms with Gasteiger partial charge < -0.3 is 10.2 Å². The standard InChI is InChI=1S/C20H23N5O2/c26-18-20(8-12-21-13-9-20)25(14-7-16-5-2-1-3-6-16)19(27)24(18)15-17-22-10-4-11-23-17/h1-6,10-11,21H,7-9,12-15H2. The van der Waals surface area contributed by atoms with Gasteiger partial charge in [-0.3, -0.25) is 9.69 Å². The molecule has 27 heavy (non-hydrogen) atoms. The Balaban J connectivity index is 1.58. The maximum absolute atomic E-state index is 13.3. The van der Waals surface area contributed by atoms with Crippen LogP contribution in [0.15, 0.2) is 48.8 Å². The molecule has 7 heteroatoms. The number of aromatic nitrogens is 2. The van der Waals surface area contributed by atoms with Crippen LogP contribution in [0, 0.1) is 0 Å². The summed E-state index contributed by atoms with van der Waals surface area (Å²) in [5.74, 6) is 0.364. The number of rotatable bonds is 5. The fourth-order valence-corrected chi connectivity index (χ4v) is 3.99. The summed E-state index contributed by atoms with van der Waals surface area (Å²) < 4.78 is 0. The number of hydrogen-bond donors (Lipinski definition) is 1. The van der Waals surface area contributed by atoms with E-state index in [4.69, 9.17) is 0 Å². The molecular formula is C20H23N5O2. The molecule has 2 fully saturated rings. The van der Waals surface area contributed by atoms with Crippen molar-refractivity contribution in [2.24, 2.45) is 0 Å². The third-order valence-electron chi connectivity index (χ3n) is 5.44. The van der Waals surface area contributed by atoms with Gasteiger partial charge in [0, 0.05) is 18.9 Å². The first-order valence-electron chi connectivity index (χ1n) is 9.35. The minimum absolute atomic E-state index is 0.116. The van der Waals surface area contributed by atoms with Gasteiger partial charge in [-0.15, -0.1) is 0 Å². The Morgan fingerprint density at radius 1 is 1.00 bits per heavy atom. The zero-order valence-corrected chi connectivity index (χ0v) is 15.2. The van der Waals surface area contributed by atoms with Gasteiger partial charge in [0.1, 0.15) is 11.4 Å². The van der Waals surface area contributed by atoms with E-state index < -0.39 is 5.54 Å². The van der Waals surface area contributed by atoms with Crippen molar-refractivity contribution in [2.45, 2.75) is 31.3 Å². The number of hydrogen-bond acceptors (Lipinski definition) is 5. The van der Waals surface area contributed by atoms with Crippen LogP contribution in [-0.2, 0) is 17.8 Å². The second kappa shape index (κ2) is 7.44. The number of nitrogens with one attached hydrogen (secondary N) is 1. The Bertz CT molecular complexity index is 806. The van der Waals surface area contributed by atoms with Crippen molar-refractivity contribution in [3.8, 4) is 0 Å². The highest BCUT2D eigenvalue weighted by atomic mass is 16.2. The van der Waals surface area contributed by atoms with Gasteiger partial charge in [-0.05, 0) is 44.0 Å². The lowest BCUT2D eigenvalue weighted by atomic mass is 9.86. The van der Waals surface area contributed by atoms with Gasteiger partial charge in [0.2, 0.25) is 0 Å². The van der Waals surface area contributed by atoms with Crippen LogP contribution in [0.25, 0.3) is 0 Å². The number of urea groups is 1. The Kier molecular flexibility index (Phi) is 4.85. The number of carbonyl (C=O) groups is 2.